The van der Waals surface area contributed by atoms with Crippen LogP contribution in [0.4, 0.5) is 0 Å². The van der Waals surface area contributed by atoms with E-state index in [1.165, 1.54) is 0 Å². The zero-order chi connectivity index (χ0) is 20.1. The third-order valence-corrected chi connectivity index (χ3v) is 6.64. The second-order valence-electron chi connectivity index (χ2n) is 6.90. The van der Waals surface area contributed by atoms with Crippen molar-refractivity contribution in [3.8, 4) is 11.5 Å². The first-order chi connectivity index (χ1) is 13.5. The molecule has 0 aliphatic heterocycles. The maximum absolute atomic E-state index is 13.3. The van der Waals surface area contributed by atoms with Gasteiger partial charge < -0.3 is 14.2 Å². The van der Waals surface area contributed by atoms with Gasteiger partial charge in [-0.2, -0.15) is 4.31 Å². The van der Waals surface area contributed by atoms with E-state index in [0.717, 1.165) is 29.7 Å². The van der Waals surface area contributed by atoms with Gasteiger partial charge in [-0.1, -0.05) is 12.1 Å². The van der Waals surface area contributed by atoms with Crippen molar-refractivity contribution < 1.29 is 22.6 Å². The summed E-state index contributed by atoms with van der Waals surface area (Å²) < 4.78 is 44.0. The summed E-state index contributed by atoms with van der Waals surface area (Å²) in [5.41, 5.74) is 1.73. The van der Waals surface area contributed by atoms with E-state index >= 15 is 0 Å². The van der Waals surface area contributed by atoms with Gasteiger partial charge in [0.2, 0.25) is 10.0 Å². The molecule has 0 aromatic heterocycles. The minimum Gasteiger partial charge on any atom is -0.497 e. The third-order valence-electron chi connectivity index (χ3n) is 4.75. The van der Waals surface area contributed by atoms with E-state index in [1.807, 2.05) is 31.2 Å². The van der Waals surface area contributed by atoms with Gasteiger partial charge in [-0.3, -0.25) is 0 Å². The van der Waals surface area contributed by atoms with Crippen molar-refractivity contribution in [1.29, 1.82) is 0 Å². The number of hydrogen-bond donors (Lipinski definition) is 0. The molecule has 1 fully saturated rings. The van der Waals surface area contributed by atoms with Crippen molar-refractivity contribution in [3.63, 3.8) is 0 Å². The van der Waals surface area contributed by atoms with Gasteiger partial charge in [0.1, 0.15) is 18.1 Å². The van der Waals surface area contributed by atoms with E-state index in [2.05, 4.69) is 0 Å². The van der Waals surface area contributed by atoms with E-state index < -0.39 is 10.0 Å². The Bertz CT molecular complexity index is 892. The Morgan fingerprint density at radius 3 is 2.32 bits per heavy atom. The zero-order valence-electron chi connectivity index (χ0n) is 16.6. The molecule has 0 saturated heterocycles. The van der Waals surface area contributed by atoms with Crippen molar-refractivity contribution in [2.45, 2.75) is 37.2 Å². The molecule has 28 heavy (non-hydrogen) atoms. The van der Waals surface area contributed by atoms with Crippen molar-refractivity contribution in [3.05, 3.63) is 53.6 Å². The zero-order valence-corrected chi connectivity index (χ0v) is 17.4. The Morgan fingerprint density at radius 1 is 1.04 bits per heavy atom. The number of ether oxygens (including phenoxy) is 3. The Labute approximate surface area is 167 Å². The highest BCUT2D eigenvalue weighted by molar-refractivity contribution is 7.89. The first-order valence-electron chi connectivity index (χ1n) is 9.33. The molecule has 1 saturated carbocycles. The number of aryl methyl sites for hydroxylation is 1. The lowest BCUT2D eigenvalue weighted by Gasteiger charge is -2.23. The fraction of sp³-hybridized carbons (Fsp3) is 0.429. The van der Waals surface area contributed by atoms with Crippen LogP contribution in [0.1, 0.15) is 24.0 Å². The molecule has 1 aliphatic carbocycles. The molecule has 0 unspecified atom stereocenters. The predicted molar refractivity (Wildman–Crippen MR) is 107 cm³/mol. The fourth-order valence-corrected chi connectivity index (χ4v) is 4.76. The van der Waals surface area contributed by atoms with Gasteiger partial charge in [-0.05, 0) is 61.2 Å². The number of benzene rings is 2. The molecule has 6 nitrogen and oxygen atoms in total. The summed E-state index contributed by atoms with van der Waals surface area (Å²) in [6, 6.07) is 12.6. The Hall–Kier alpha value is -2.09. The van der Waals surface area contributed by atoms with Crippen LogP contribution in [0.2, 0.25) is 0 Å². The number of rotatable bonds is 10. The molecule has 3 rings (SSSR count). The second kappa shape index (κ2) is 8.94. The molecule has 0 amide bonds. The predicted octanol–water partition coefficient (Wildman–Crippen LogP) is 3.38. The van der Waals surface area contributed by atoms with Gasteiger partial charge in [-0.25, -0.2) is 8.42 Å². The number of hydrogen-bond acceptors (Lipinski definition) is 5. The highest BCUT2D eigenvalue weighted by atomic mass is 32.2. The summed E-state index contributed by atoms with van der Waals surface area (Å²) in [5, 5.41) is 0. The Kier molecular flexibility index (Phi) is 6.59. The Balaban J connectivity index is 1.80. The summed E-state index contributed by atoms with van der Waals surface area (Å²) in [5.74, 6) is 1.42. The topological polar surface area (TPSA) is 65.1 Å². The Morgan fingerprint density at radius 2 is 1.75 bits per heavy atom. The quantitative estimate of drug-likeness (QED) is 0.567. The van der Waals surface area contributed by atoms with Crippen LogP contribution in [0.15, 0.2) is 47.4 Å². The SMILES string of the molecule is COCCOc1ccc(S(=O)(=O)N(Cc2ccc(OC)cc2)C2CC2)cc1C. The summed E-state index contributed by atoms with van der Waals surface area (Å²) in [6.45, 7) is 3.11. The molecular formula is C21H27NO5S. The minimum atomic E-state index is -3.59. The molecule has 152 valence electrons. The summed E-state index contributed by atoms with van der Waals surface area (Å²) in [6.07, 6.45) is 1.79. The average molecular weight is 406 g/mol. The van der Waals surface area contributed by atoms with Gasteiger partial charge in [-0.15, -0.1) is 0 Å². The molecule has 2 aromatic carbocycles. The fourth-order valence-electron chi connectivity index (χ4n) is 3.00. The van der Waals surface area contributed by atoms with Gasteiger partial charge in [0, 0.05) is 19.7 Å². The van der Waals surface area contributed by atoms with Crippen molar-refractivity contribution in [2.24, 2.45) is 0 Å². The lowest BCUT2D eigenvalue weighted by molar-refractivity contribution is 0.146. The van der Waals surface area contributed by atoms with Crippen LogP contribution in [0.3, 0.4) is 0 Å². The monoisotopic (exact) mass is 405 g/mol. The lowest BCUT2D eigenvalue weighted by atomic mass is 10.2. The van der Waals surface area contributed by atoms with Crippen LogP contribution in [0.25, 0.3) is 0 Å². The van der Waals surface area contributed by atoms with E-state index in [9.17, 15) is 8.42 Å². The van der Waals surface area contributed by atoms with Crippen LogP contribution in [-0.4, -0.2) is 46.2 Å². The van der Waals surface area contributed by atoms with Crippen LogP contribution < -0.4 is 9.47 Å². The molecule has 0 bridgehead atoms. The molecule has 7 heteroatoms. The number of sulfonamides is 1. The maximum Gasteiger partial charge on any atom is 0.243 e. The van der Waals surface area contributed by atoms with E-state index in [1.54, 1.807) is 36.7 Å². The summed E-state index contributed by atoms with van der Waals surface area (Å²) in [4.78, 5) is 0.296. The third kappa shape index (κ3) is 4.84. The van der Waals surface area contributed by atoms with Crippen molar-refractivity contribution >= 4 is 10.0 Å². The highest BCUT2D eigenvalue weighted by Gasteiger charge is 2.38. The molecule has 0 spiro atoms. The molecule has 2 aromatic rings. The standard InChI is InChI=1S/C21H27NO5S/c1-16-14-20(10-11-21(16)27-13-12-25-2)28(23,24)22(18-6-7-18)15-17-4-8-19(26-3)9-5-17/h4-5,8-11,14,18H,6-7,12-13,15H2,1-3H3. The lowest BCUT2D eigenvalue weighted by Crippen LogP contribution is -2.32. The molecule has 0 radical (unpaired) electrons. The summed E-state index contributed by atoms with van der Waals surface area (Å²) in [7, 11) is -0.370. The van der Waals surface area contributed by atoms with Crippen molar-refractivity contribution in [1.82, 2.24) is 4.31 Å². The highest BCUT2D eigenvalue weighted by Crippen LogP contribution is 2.34. The van der Waals surface area contributed by atoms with Crippen LogP contribution in [-0.2, 0) is 21.3 Å². The number of methoxy groups -OCH3 is 2. The van der Waals surface area contributed by atoms with E-state index in [0.29, 0.717) is 30.4 Å². The summed E-state index contributed by atoms with van der Waals surface area (Å²) >= 11 is 0. The van der Waals surface area contributed by atoms with Gasteiger partial charge in [0.25, 0.3) is 0 Å². The molecule has 0 N–H and O–H groups in total. The molecule has 0 heterocycles. The van der Waals surface area contributed by atoms with Crippen molar-refractivity contribution in [2.75, 3.05) is 27.4 Å². The smallest absolute Gasteiger partial charge is 0.243 e. The van der Waals surface area contributed by atoms with E-state index in [4.69, 9.17) is 14.2 Å². The van der Waals surface area contributed by atoms with Gasteiger partial charge >= 0.3 is 0 Å². The first-order valence-corrected chi connectivity index (χ1v) is 10.8. The second-order valence-corrected chi connectivity index (χ2v) is 8.79. The molecule has 0 atom stereocenters. The van der Waals surface area contributed by atoms with E-state index in [-0.39, 0.29) is 6.04 Å². The van der Waals surface area contributed by atoms with Crippen LogP contribution >= 0.6 is 0 Å². The molecular weight excluding hydrogens is 378 g/mol. The van der Waals surface area contributed by atoms with Gasteiger partial charge in [0.15, 0.2) is 0 Å². The van der Waals surface area contributed by atoms with Gasteiger partial charge in [0.05, 0.1) is 18.6 Å². The largest absolute Gasteiger partial charge is 0.497 e. The normalized spacial score (nSPS) is 14.3. The minimum absolute atomic E-state index is 0.0602. The number of nitrogens with zero attached hydrogens (tertiary/aromatic N) is 1. The maximum atomic E-state index is 13.3. The molecule has 1 aliphatic rings. The first kappa shape index (κ1) is 20.6. The van der Waals surface area contributed by atoms with Crippen LogP contribution in [0, 0.1) is 6.92 Å². The average Bonchev–Trinajstić information content (AvgIpc) is 3.52. The van der Waals surface area contributed by atoms with Crippen LogP contribution in [0.5, 0.6) is 11.5 Å².